The number of ether oxygens (including phenoxy) is 1. The lowest BCUT2D eigenvalue weighted by molar-refractivity contribution is 0.0947. The number of amides is 1. The summed E-state index contributed by atoms with van der Waals surface area (Å²) in [6, 6.07) is 7.33. The van der Waals surface area contributed by atoms with Crippen LogP contribution >= 0.6 is 0 Å². The largest absolute Gasteiger partial charge is 0.381 e. The molecule has 1 unspecified atom stereocenters. The van der Waals surface area contributed by atoms with Gasteiger partial charge in [-0.25, -0.2) is 0 Å². The molecule has 22 heavy (non-hydrogen) atoms. The highest BCUT2D eigenvalue weighted by atomic mass is 16.5. The van der Waals surface area contributed by atoms with Gasteiger partial charge in [0.15, 0.2) is 0 Å². The van der Waals surface area contributed by atoms with Crippen LogP contribution in [0.5, 0.6) is 0 Å². The smallest absolute Gasteiger partial charge is 0.269 e. The lowest BCUT2D eigenvalue weighted by atomic mass is 10.0. The van der Waals surface area contributed by atoms with E-state index < -0.39 is 0 Å². The molecule has 1 aliphatic rings. The van der Waals surface area contributed by atoms with E-state index in [1.165, 1.54) is 0 Å². The lowest BCUT2D eigenvalue weighted by Gasteiger charge is -2.07. The van der Waals surface area contributed by atoms with Crippen molar-refractivity contribution in [1.29, 1.82) is 0 Å². The van der Waals surface area contributed by atoms with Crippen molar-refractivity contribution in [3.63, 3.8) is 0 Å². The predicted octanol–water partition coefficient (Wildman–Crippen LogP) is 2.02. The summed E-state index contributed by atoms with van der Waals surface area (Å²) in [7, 11) is 0. The summed E-state index contributed by atoms with van der Waals surface area (Å²) in [6.07, 6.45) is 4.92. The van der Waals surface area contributed by atoms with Crippen molar-refractivity contribution in [2.75, 3.05) is 19.8 Å². The first-order valence-electron chi connectivity index (χ1n) is 7.65. The molecule has 0 radical (unpaired) electrons. The molecule has 1 fully saturated rings. The molecule has 6 heteroatoms. The van der Waals surface area contributed by atoms with E-state index in [0.717, 1.165) is 38.2 Å². The van der Waals surface area contributed by atoms with Crippen molar-refractivity contribution in [1.82, 2.24) is 20.5 Å². The molecular formula is C16H20N4O2. The maximum Gasteiger partial charge on any atom is 0.269 e. The van der Waals surface area contributed by atoms with Crippen LogP contribution in [0.25, 0.3) is 11.4 Å². The second-order valence-electron chi connectivity index (χ2n) is 5.51. The molecule has 1 saturated heterocycles. The molecular weight excluding hydrogens is 280 g/mol. The molecule has 0 bridgehead atoms. The molecule has 0 aromatic carbocycles. The molecule has 0 aliphatic carbocycles. The van der Waals surface area contributed by atoms with E-state index in [9.17, 15) is 4.79 Å². The van der Waals surface area contributed by atoms with E-state index >= 15 is 0 Å². The number of rotatable bonds is 6. The summed E-state index contributed by atoms with van der Waals surface area (Å²) >= 11 is 0. The Labute approximate surface area is 129 Å². The Morgan fingerprint density at radius 2 is 2.36 bits per heavy atom. The third-order valence-electron chi connectivity index (χ3n) is 3.85. The highest BCUT2D eigenvalue weighted by Gasteiger charge is 2.15. The average Bonchev–Trinajstić information content (AvgIpc) is 3.24. The zero-order valence-corrected chi connectivity index (χ0v) is 12.4. The van der Waals surface area contributed by atoms with Gasteiger partial charge in [0.25, 0.3) is 5.91 Å². The third kappa shape index (κ3) is 3.71. The fourth-order valence-corrected chi connectivity index (χ4v) is 2.58. The third-order valence-corrected chi connectivity index (χ3v) is 3.85. The van der Waals surface area contributed by atoms with Crippen LogP contribution in [-0.4, -0.2) is 40.8 Å². The van der Waals surface area contributed by atoms with Crippen molar-refractivity contribution >= 4 is 5.91 Å². The minimum absolute atomic E-state index is 0.127. The van der Waals surface area contributed by atoms with Gasteiger partial charge in [-0.15, -0.1) is 0 Å². The van der Waals surface area contributed by atoms with Gasteiger partial charge < -0.3 is 10.1 Å². The van der Waals surface area contributed by atoms with Crippen LogP contribution in [0.15, 0.2) is 30.5 Å². The number of hydrogen-bond donors (Lipinski definition) is 2. The lowest BCUT2D eigenvalue weighted by Crippen LogP contribution is -2.25. The number of aromatic nitrogens is 3. The quantitative estimate of drug-likeness (QED) is 0.800. The fourth-order valence-electron chi connectivity index (χ4n) is 2.58. The van der Waals surface area contributed by atoms with Gasteiger partial charge in [-0.2, -0.15) is 5.10 Å². The van der Waals surface area contributed by atoms with E-state index in [2.05, 4.69) is 20.5 Å². The molecule has 1 amide bonds. The summed E-state index contributed by atoms with van der Waals surface area (Å²) < 4.78 is 5.34. The van der Waals surface area contributed by atoms with Gasteiger partial charge in [0, 0.05) is 26.0 Å². The molecule has 2 N–H and O–H groups in total. The van der Waals surface area contributed by atoms with Crippen molar-refractivity contribution in [2.45, 2.75) is 19.3 Å². The van der Waals surface area contributed by atoms with Gasteiger partial charge in [0.1, 0.15) is 11.4 Å². The second-order valence-corrected chi connectivity index (χ2v) is 5.51. The first-order valence-corrected chi connectivity index (χ1v) is 7.65. The Balaban J connectivity index is 1.47. The first-order chi connectivity index (χ1) is 10.8. The van der Waals surface area contributed by atoms with Crippen LogP contribution in [0, 0.1) is 5.92 Å². The summed E-state index contributed by atoms with van der Waals surface area (Å²) in [5, 5.41) is 9.81. The standard InChI is InChI=1S/C16H20N4O2/c21-16(18-8-3-4-12-6-9-22-11-12)15-10-14(19-20-15)13-5-1-2-7-17-13/h1-2,5,7,10,12H,3-4,6,8-9,11H2,(H,18,21)(H,19,20). The maximum absolute atomic E-state index is 12.1. The number of carbonyl (C=O) groups excluding carboxylic acids is 1. The topological polar surface area (TPSA) is 79.9 Å². The van der Waals surface area contributed by atoms with Gasteiger partial charge in [-0.3, -0.25) is 14.9 Å². The average molecular weight is 300 g/mol. The van der Waals surface area contributed by atoms with Crippen LogP contribution in [0.2, 0.25) is 0 Å². The number of aromatic amines is 1. The SMILES string of the molecule is O=C(NCCCC1CCOC1)c1cc(-c2ccccn2)n[nH]1. The van der Waals surface area contributed by atoms with Crippen LogP contribution in [0.3, 0.4) is 0 Å². The van der Waals surface area contributed by atoms with E-state index in [0.29, 0.717) is 23.9 Å². The van der Waals surface area contributed by atoms with Crippen molar-refractivity contribution in [3.8, 4) is 11.4 Å². The highest BCUT2D eigenvalue weighted by Crippen LogP contribution is 2.17. The van der Waals surface area contributed by atoms with Gasteiger partial charge in [0.2, 0.25) is 0 Å². The summed E-state index contributed by atoms with van der Waals surface area (Å²) in [5.74, 6) is 0.525. The first kappa shape index (κ1) is 14.7. The number of H-pyrrole nitrogens is 1. The van der Waals surface area contributed by atoms with E-state index in [-0.39, 0.29) is 5.91 Å². The predicted molar refractivity (Wildman–Crippen MR) is 82.3 cm³/mol. The highest BCUT2D eigenvalue weighted by molar-refractivity contribution is 5.93. The summed E-state index contributed by atoms with van der Waals surface area (Å²) in [4.78, 5) is 16.3. The Hall–Kier alpha value is -2.21. The van der Waals surface area contributed by atoms with Crippen LogP contribution in [0.4, 0.5) is 0 Å². The maximum atomic E-state index is 12.1. The molecule has 1 aliphatic heterocycles. The zero-order valence-electron chi connectivity index (χ0n) is 12.4. The number of nitrogens with one attached hydrogen (secondary N) is 2. The van der Waals surface area contributed by atoms with E-state index in [4.69, 9.17) is 4.74 Å². The summed E-state index contributed by atoms with van der Waals surface area (Å²) in [5.41, 5.74) is 1.89. The molecule has 3 heterocycles. The zero-order chi connectivity index (χ0) is 15.2. The van der Waals surface area contributed by atoms with Gasteiger partial charge >= 0.3 is 0 Å². The molecule has 0 saturated carbocycles. The summed E-state index contributed by atoms with van der Waals surface area (Å²) in [6.45, 7) is 2.41. The number of hydrogen-bond acceptors (Lipinski definition) is 4. The van der Waals surface area contributed by atoms with E-state index in [1.807, 2.05) is 18.2 Å². The van der Waals surface area contributed by atoms with E-state index in [1.54, 1.807) is 12.3 Å². The molecule has 1 atom stereocenters. The molecule has 2 aromatic rings. The Morgan fingerprint density at radius 1 is 1.41 bits per heavy atom. The van der Waals surface area contributed by atoms with Crippen molar-refractivity contribution in [3.05, 3.63) is 36.2 Å². The van der Waals surface area contributed by atoms with Crippen molar-refractivity contribution < 1.29 is 9.53 Å². The Bertz CT molecular complexity index is 606. The van der Waals surface area contributed by atoms with Gasteiger partial charge in [-0.1, -0.05) is 6.07 Å². The monoisotopic (exact) mass is 300 g/mol. The Kier molecular flexibility index (Phi) is 4.80. The Morgan fingerprint density at radius 3 is 3.14 bits per heavy atom. The number of pyridine rings is 1. The number of nitrogens with zero attached hydrogens (tertiary/aromatic N) is 2. The molecule has 0 spiro atoms. The van der Waals surface area contributed by atoms with Crippen LogP contribution < -0.4 is 5.32 Å². The molecule has 6 nitrogen and oxygen atoms in total. The van der Waals surface area contributed by atoms with Crippen LogP contribution in [0.1, 0.15) is 29.8 Å². The van der Waals surface area contributed by atoms with Crippen molar-refractivity contribution in [2.24, 2.45) is 5.92 Å². The number of carbonyl (C=O) groups is 1. The van der Waals surface area contributed by atoms with Gasteiger partial charge in [0.05, 0.1) is 5.69 Å². The van der Waals surface area contributed by atoms with Gasteiger partial charge in [-0.05, 0) is 43.4 Å². The normalized spacial score (nSPS) is 17.5. The fraction of sp³-hybridized carbons (Fsp3) is 0.438. The minimum atomic E-state index is -0.127. The molecule has 3 rings (SSSR count). The molecule has 2 aromatic heterocycles. The second kappa shape index (κ2) is 7.17. The molecule has 116 valence electrons. The minimum Gasteiger partial charge on any atom is -0.381 e. The van der Waals surface area contributed by atoms with Crippen LogP contribution in [-0.2, 0) is 4.74 Å².